The van der Waals surface area contributed by atoms with Crippen LogP contribution in [0.3, 0.4) is 0 Å². The normalized spacial score (nSPS) is 32.0. The summed E-state index contributed by atoms with van der Waals surface area (Å²) in [6.45, 7) is 4.33. The summed E-state index contributed by atoms with van der Waals surface area (Å²) in [4.78, 5) is 0. The van der Waals surface area contributed by atoms with Crippen LogP contribution in [0.2, 0.25) is 0 Å². The van der Waals surface area contributed by atoms with Gasteiger partial charge in [-0.1, -0.05) is 19.1 Å². The molecule has 1 aromatic heterocycles. The number of hydrogen-bond acceptors (Lipinski definition) is 3. The number of nitrogens with two attached hydrogens (primary N) is 1. The van der Waals surface area contributed by atoms with Crippen LogP contribution in [0.4, 0.5) is 0 Å². The molecule has 1 heterocycles. The fourth-order valence-electron chi connectivity index (χ4n) is 1.75. The minimum absolute atomic E-state index is 0.204. The Labute approximate surface area is 71.8 Å². The SMILES string of the molecule is Cn1cc([C@@H]2[C@@H](N)C2(C)C)nn1. The van der Waals surface area contributed by atoms with Crippen molar-refractivity contribution in [1.82, 2.24) is 15.0 Å². The number of aryl methyl sites for hydroxylation is 1. The van der Waals surface area contributed by atoms with E-state index < -0.39 is 0 Å². The lowest BCUT2D eigenvalue weighted by Crippen LogP contribution is -2.06. The molecule has 0 spiro atoms. The molecule has 0 unspecified atom stereocenters. The Balaban J connectivity index is 2.24. The molecule has 0 aromatic carbocycles. The quantitative estimate of drug-likeness (QED) is 0.651. The second-order valence-electron chi connectivity index (χ2n) is 4.14. The Morgan fingerprint density at radius 1 is 1.58 bits per heavy atom. The van der Waals surface area contributed by atoms with E-state index in [1.165, 1.54) is 0 Å². The molecule has 0 amide bonds. The van der Waals surface area contributed by atoms with Crippen LogP contribution in [-0.4, -0.2) is 21.0 Å². The van der Waals surface area contributed by atoms with Gasteiger partial charge in [-0.05, 0) is 5.41 Å². The largest absolute Gasteiger partial charge is 0.327 e. The van der Waals surface area contributed by atoms with Gasteiger partial charge in [0.05, 0.1) is 5.69 Å². The van der Waals surface area contributed by atoms with Gasteiger partial charge in [0.25, 0.3) is 0 Å². The summed E-state index contributed by atoms with van der Waals surface area (Å²) in [5, 5.41) is 7.95. The lowest BCUT2D eigenvalue weighted by Gasteiger charge is -1.96. The molecular weight excluding hydrogens is 152 g/mol. The van der Waals surface area contributed by atoms with E-state index in [1.54, 1.807) is 4.68 Å². The van der Waals surface area contributed by atoms with E-state index >= 15 is 0 Å². The monoisotopic (exact) mass is 166 g/mol. The molecule has 1 saturated carbocycles. The Morgan fingerprint density at radius 3 is 2.50 bits per heavy atom. The van der Waals surface area contributed by atoms with Gasteiger partial charge in [0.2, 0.25) is 0 Å². The second-order valence-corrected chi connectivity index (χ2v) is 4.14. The Morgan fingerprint density at radius 2 is 2.17 bits per heavy atom. The predicted octanol–water partition coefficient (Wildman–Crippen LogP) is 0.266. The molecule has 2 N–H and O–H groups in total. The third-order valence-electron chi connectivity index (χ3n) is 2.85. The molecule has 2 atom stereocenters. The van der Waals surface area contributed by atoms with Crippen LogP contribution in [0.15, 0.2) is 6.20 Å². The molecule has 4 nitrogen and oxygen atoms in total. The zero-order chi connectivity index (χ0) is 8.93. The maximum Gasteiger partial charge on any atom is 0.0879 e. The van der Waals surface area contributed by atoms with Crippen molar-refractivity contribution < 1.29 is 0 Å². The number of rotatable bonds is 1. The van der Waals surface area contributed by atoms with Crippen molar-refractivity contribution in [2.24, 2.45) is 18.2 Å². The van der Waals surface area contributed by atoms with Gasteiger partial charge in [-0.2, -0.15) is 0 Å². The van der Waals surface area contributed by atoms with Crippen LogP contribution in [0, 0.1) is 5.41 Å². The third-order valence-corrected chi connectivity index (χ3v) is 2.85. The molecule has 4 heteroatoms. The Hall–Kier alpha value is -0.900. The highest BCUT2D eigenvalue weighted by Crippen LogP contribution is 2.56. The first kappa shape index (κ1) is 7.73. The molecule has 2 rings (SSSR count). The molecular formula is C8H14N4. The minimum Gasteiger partial charge on any atom is -0.327 e. The summed E-state index contributed by atoms with van der Waals surface area (Å²) < 4.78 is 1.72. The van der Waals surface area contributed by atoms with Gasteiger partial charge in [0.1, 0.15) is 0 Å². The van der Waals surface area contributed by atoms with Crippen LogP contribution in [0.1, 0.15) is 25.5 Å². The molecule has 1 fully saturated rings. The molecule has 1 aromatic rings. The number of aromatic nitrogens is 3. The van der Waals surface area contributed by atoms with Crippen molar-refractivity contribution in [3.05, 3.63) is 11.9 Å². The summed E-state index contributed by atoms with van der Waals surface area (Å²) in [7, 11) is 1.87. The van der Waals surface area contributed by atoms with Gasteiger partial charge in [-0.25, -0.2) is 0 Å². The Bertz CT molecular complexity index is 302. The average Bonchev–Trinajstić information content (AvgIpc) is 2.38. The predicted molar refractivity (Wildman–Crippen MR) is 45.5 cm³/mol. The average molecular weight is 166 g/mol. The molecule has 0 saturated heterocycles. The van der Waals surface area contributed by atoms with Gasteiger partial charge in [-0.15, -0.1) is 5.10 Å². The molecule has 0 aliphatic heterocycles. The van der Waals surface area contributed by atoms with Gasteiger partial charge in [0.15, 0.2) is 0 Å². The highest BCUT2D eigenvalue weighted by atomic mass is 15.4. The van der Waals surface area contributed by atoms with Crippen LogP contribution >= 0.6 is 0 Å². The van der Waals surface area contributed by atoms with Crippen molar-refractivity contribution >= 4 is 0 Å². The zero-order valence-corrected chi connectivity index (χ0v) is 7.65. The lowest BCUT2D eigenvalue weighted by atomic mass is 10.1. The van der Waals surface area contributed by atoms with E-state index in [0.717, 1.165) is 5.69 Å². The van der Waals surface area contributed by atoms with Crippen molar-refractivity contribution in [3.8, 4) is 0 Å². The minimum atomic E-state index is 0.204. The summed E-state index contributed by atoms with van der Waals surface area (Å²) in [5.41, 5.74) is 7.14. The van der Waals surface area contributed by atoms with Crippen molar-refractivity contribution in [2.75, 3.05) is 0 Å². The van der Waals surface area contributed by atoms with Crippen molar-refractivity contribution in [3.63, 3.8) is 0 Å². The van der Waals surface area contributed by atoms with Crippen LogP contribution in [0.25, 0.3) is 0 Å². The lowest BCUT2D eigenvalue weighted by molar-refractivity contribution is 0.595. The highest BCUT2D eigenvalue weighted by Gasteiger charge is 2.57. The maximum atomic E-state index is 5.91. The van der Waals surface area contributed by atoms with Gasteiger partial charge < -0.3 is 5.73 Å². The fraction of sp³-hybridized carbons (Fsp3) is 0.750. The summed E-state index contributed by atoms with van der Waals surface area (Å²) in [5.74, 6) is 0.395. The van der Waals surface area contributed by atoms with Gasteiger partial charge in [0, 0.05) is 25.2 Å². The molecule has 0 bridgehead atoms. The van der Waals surface area contributed by atoms with E-state index in [4.69, 9.17) is 5.73 Å². The van der Waals surface area contributed by atoms with Crippen LogP contribution in [-0.2, 0) is 7.05 Å². The van der Waals surface area contributed by atoms with Crippen LogP contribution < -0.4 is 5.73 Å². The van der Waals surface area contributed by atoms with E-state index in [2.05, 4.69) is 24.2 Å². The molecule has 1 aliphatic rings. The van der Waals surface area contributed by atoms with Crippen LogP contribution in [0.5, 0.6) is 0 Å². The second kappa shape index (κ2) is 2.07. The first-order chi connectivity index (χ1) is 5.53. The first-order valence-corrected chi connectivity index (χ1v) is 4.15. The zero-order valence-electron chi connectivity index (χ0n) is 7.65. The fourth-order valence-corrected chi connectivity index (χ4v) is 1.75. The van der Waals surface area contributed by atoms with Gasteiger partial charge in [-0.3, -0.25) is 4.68 Å². The van der Waals surface area contributed by atoms with Crippen molar-refractivity contribution in [2.45, 2.75) is 25.8 Å². The Kier molecular flexibility index (Phi) is 1.33. The van der Waals surface area contributed by atoms with E-state index in [-0.39, 0.29) is 11.5 Å². The summed E-state index contributed by atoms with van der Waals surface area (Å²) >= 11 is 0. The maximum absolute atomic E-state index is 5.91. The topological polar surface area (TPSA) is 56.7 Å². The first-order valence-electron chi connectivity index (χ1n) is 4.15. The smallest absolute Gasteiger partial charge is 0.0879 e. The van der Waals surface area contributed by atoms with Crippen molar-refractivity contribution in [1.29, 1.82) is 0 Å². The highest BCUT2D eigenvalue weighted by molar-refractivity contribution is 5.26. The molecule has 1 aliphatic carbocycles. The van der Waals surface area contributed by atoms with E-state index in [0.29, 0.717) is 5.92 Å². The number of hydrogen-bond donors (Lipinski definition) is 1. The van der Waals surface area contributed by atoms with E-state index in [9.17, 15) is 0 Å². The third kappa shape index (κ3) is 0.876. The van der Waals surface area contributed by atoms with Gasteiger partial charge >= 0.3 is 0 Å². The molecule has 12 heavy (non-hydrogen) atoms. The standard InChI is InChI=1S/C8H14N4/c1-8(2)6(7(8)9)5-4-12(3)11-10-5/h4,6-7H,9H2,1-3H3/t6-,7-/m1/s1. The summed E-state index contributed by atoms with van der Waals surface area (Å²) in [6, 6.07) is 0.245. The summed E-state index contributed by atoms with van der Waals surface area (Å²) in [6.07, 6.45) is 1.94. The number of nitrogens with zero attached hydrogens (tertiary/aromatic N) is 3. The molecule has 66 valence electrons. The van der Waals surface area contributed by atoms with E-state index in [1.807, 2.05) is 13.2 Å². The molecule has 0 radical (unpaired) electrons.